The van der Waals surface area contributed by atoms with Crippen molar-refractivity contribution in [3.05, 3.63) is 29.6 Å². The van der Waals surface area contributed by atoms with Crippen LogP contribution in [0.5, 0.6) is 0 Å². The zero-order chi connectivity index (χ0) is 11.9. The Morgan fingerprint density at radius 2 is 0.533 bits per heavy atom. The van der Waals surface area contributed by atoms with Gasteiger partial charge in [0.1, 0.15) is 0 Å². The van der Waals surface area contributed by atoms with Gasteiger partial charge in [-0.2, -0.15) is 0 Å². The Balaban J connectivity index is -0.000000258. The van der Waals surface area contributed by atoms with Crippen LogP contribution in [0.25, 0.3) is 0 Å². The SMILES string of the molecule is CO.CO.C[C]1[C](C)[C](C)[C](C)[C]1C.[Ti]. The molecule has 0 unspecified atom stereocenters. The van der Waals surface area contributed by atoms with E-state index in [1.165, 1.54) is 29.6 Å². The quantitative estimate of drug-likeness (QED) is 0.644. The normalized spacial score (nSPS) is 19.8. The van der Waals surface area contributed by atoms with Crippen molar-refractivity contribution in [2.75, 3.05) is 14.2 Å². The number of aliphatic hydroxyl groups is 2. The second-order valence-electron chi connectivity index (χ2n) is 3.12. The first-order chi connectivity index (χ1) is 6.55. The minimum absolute atomic E-state index is 0. The van der Waals surface area contributed by atoms with Crippen LogP contribution < -0.4 is 0 Å². The summed E-state index contributed by atoms with van der Waals surface area (Å²) in [5, 5.41) is 14.0. The average Bonchev–Trinajstić information content (AvgIpc) is 2.42. The van der Waals surface area contributed by atoms with Crippen molar-refractivity contribution in [1.82, 2.24) is 0 Å². The van der Waals surface area contributed by atoms with Crippen molar-refractivity contribution in [3.8, 4) is 0 Å². The van der Waals surface area contributed by atoms with E-state index in [0.717, 1.165) is 14.2 Å². The Morgan fingerprint density at radius 1 is 0.467 bits per heavy atom. The summed E-state index contributed by atoms with van der Waals surface area (Å²) in [5.41, 5.74) is 0. The molecule has 0 aliphatic heterocycles. The molecule has 1 saturated carbocycles. The average molecular weight is 247 g/mol. The molecule has 0 spiro atoms. The smallest absolute Gasteiger partial charge is 0.0319 e. The molecule has 0 aromatic rings. The molecule has 0 amide bonds. The van der Waals surface area contributed by atoms with Crippen LogP contribution in [0, 0.1) is 29.6 Å². The molecule has 15 heavy (non-hydrogen) atoms. The Bertz CT molecular complexity index is 86.0. The van der Waals surface area contributed by atoms with Crippen molar-refractivity contribution in [2.45, 2.75) is 34.6 Å². The Labute approximate surface area is 110 Å². The van der Waals surface area contributed by atoms with Gasteiger partial charge in [0, 0.05) is 35.9 Å². The molecule has 3 heteroatoms. The van der Waals surface area contributed by atoms with E-state index in [9.17, 15) is 0 Å². The van der Waals surface area contributed by atoms with Gasteiger partial charge in [0.15, 0.2) is 0 Å². The standard InChI is InChI=1S/C10H15.2CH4O.Ti/c1-6-7(2)9(4)10(5)8(6)3;2*1-2;/h1-5H3;2*2H,1H3;. The molecule has 1 fully saturated rings. The molecule has 0 saturated heterocycles. The van der Waals surface area contributed by atoms with Crippen LogP contribution in [-0.2, 0) is 21.7 Å². The zero-order valence-corrected chi connectivity index (χ0v) is 12.5. The summed E-state index contributed by atoms with van der Waals surface area (Å²) >= 11 is 0. The second kappa shape index (κ2) is 11.1. The largest absolute Gasteiger partial charge is 0.400 e. The van der Waals surface area contributed by atoms with E-state index < -0.39 is 0 Å². The number of rotatable bonds is 0. The molecule has 2 N–H and O–H groups in total. The van der Waals surface area contributed by atoms with E-state index in [1.807, 2.05) is 0 Å². The number of hydrogen-bond donors (Lipinski definition) is 2. The topological polar surface area (TPSA) is 40.5 Å². The molecular weight excluding hydrogens is 224 g/mol. The van der Waals surface area contributed by atoms with E-state index in [-0.39, 0.29) is 21.7 Å². The van der Waals surface area contributed by atoms with E-state index in [1.54, 1.807) is 0 Å². The Morgan fingerprint density at radius 3 is 0.600 bits per heavy atom. The van der Waals surface area contributed by atoms with Gasteiger partial charge in [-0.05, 0) is 29.6 Å². The van der Waals surface area contributed by atoms with Crippen molar-refractivity contribution in [2.24, 2.45) is 0 Å². The summed E-state index contributed by atoms with van der Waals surface area (Å²) in [6.45, 7) is 11.0. The molecule has 0 aromatic carbocycles. The minimum atomic E-state index is 0. The second-order valence-corrected chi connectivity index (χ2v) is 3.12. The molecule has 87 valence electrons. The van der Waals surface area contributed by atoms with Gasteiger partial charge >= 0.3 is 0 Å². The van der Waals surface area contributed by atoms with Crippen molar-refractivity contribution in [3.63, 3.8) is 0 Å². The van der Waals surface area contributed by atoms with Crippen LogP contribution >= 0.6 is 0 Å². The third-order valence-electron chi connectivity index (χ3n) is 2.81. The van der Waals surface area contributed by atoms with Crippen LogP contribution in [0.1, 0.15) is 34.6 Å². The van der Waals surface area contributed by atoms with Gasteiger partial charge in [0.2, 0.25) is 0 Å². The first-order valence-corrected chi connectivity index (χ1v) is 4.64. The van der Waals surface area contributed by atoms with Crippen LogP contribution in [0.2, 0.25) is 0 Å². The van der Waals surface area contributed by atoms with Crippen molar-refractivity contribution >= 4 is 0 Å². The van der Waals surface area contributed by atoms with E-state index >= 15 is 0 Å². The van der Waals surface area contributed by atoms with Crippen LogP contribution in [-0.4, -0.2) is 24.4 Å². The third kappa shape index (κ3) is 5.49. The number of aliphatic hydroxyl groups excluding tert-OH is 2. The maximum Gasteiger partial charge on any atom is 0.0319 e. The first kappa shape index (κ1) is 21.0. The monoisotopic (exact) mass is 247 g/mol. The predicted molar refractivity (Wildman–Crippen MR) is 60.9 cm³/mol. The minimum Gasteiger partial charge on any atom is -0.400 e. The van der Waals surface area contributed by atoms with E-state index in [2.05, 4.69) is 34.6 Å². The van der Waals surface area contributed by atoms with Crippen LogP contribution in [0.15, 0.2) is 0 Å². The maximum absolute atomic E-state index is 7.00. The maximum atomic E-state index is 7.00. The Hall–Kier alpha value is 0.634. The molecule has 1 rings (SSSR count). The third-order valence-corrected chi connectivity index (χ3v) is 2.81. The molecule has 1 aliphatic carbocycles. The van der Waals surface area contributed by atoms with Gasteiger partial charge in [-0.1, -0.05) is 34.6 Å². The Kier molecular flexibility index (Phi) is 15.6. The molecule has 5 radical (unpaired) electrons. The summed E-state index contributed by atoms with van der Waals surface area (Å²) in [6.07, 6.45) is 0. The fraction of sp³-hybridized carbons (Fsp3) is 0.583. The van der Waals surface area contributed by atoms with Gasteiger partial charge < -0.3 is 10.2 Å². The molecule has 1 aliphatic rings. The van der Waals surface area contributed by atoms with Gasteiger partial charge in [-0.15, -0.1) is 0 Å². The molecule has 2 nitrogen and oxygen atoms in total. The summed E-state index contributed by atoms with van der Waals surface area (Å²) in [7, 11) is 2.00. The van der Waals surface area contributed by atoms with Gasteiger partial charge in [-0.3, -0.25) is 0 Å². The predicted octanol–water partition coefficient (Wildman–Crippen LogP) is 2.19. The summed E-state index contributed by atoms with van der Waals surface area (Å²) in [6, 6.07) is 0. The summed E-state index contributed by atoms with van der Waals surface area (Å²) < 4.78 is 0. The molecular formula is C12H23O2Ti. The van der Waals surface area contributed by atoms with Gasteiger partial charge in [0.05, 0.1) is 0 Å². The van der Waals surface area contributed by atoms with E-state index in [0.29, 0.717) is 0 Å². The fourth-order valence-corrected chi connectivity index (χ4v) is 1.41. The van der Waals surface area contributed by atoms with Crippen molar-refractivity contribution in [1.29, 1.82) is 0 Å². The summed E-state index contributed by atoms with van der Waals surface area (Å²) in [4.78, 5) is 0. The van der Waals surface area contributed by atoms with Crippen LogP contribution in [0.4, 0.5) is 0 Å². The first-order valence-electron chi connectivity index (χ1n) is 4.64. The van der Waals surface area contributed by atoms with Crippen LogP contribution in [0.3, 0.4) is 0 Å². The zero-order valence-electron chi connectivity index (χ0n) is 10.9. The summed E-state index contributed by atoms with van der Waals surface area (Å²) in [5.74, 6) is 7.34. The van der Waals surface area contributed by atoms with Gasteiger partial charge in [0.25, 0.3) is 0 Å². The number of hydrogen-bond acceptors (Lipinski definition) is 2. The van der Waals surface area contributed by atoms with E-state index in [4.69, 9.17) is 10.2 Å². The van der Waals surface area contributed by atoms with Crippen molar-refractivity contribution < 1.29 is 31.9 Å². The molecule has 0 bridgehead atoms. The fourth-order valence-electron chi connectivity index (χ4n) is 1.41. The molecule has 0 heterocycles. The molecule has 0 aromatic heterocycles. The molecule has 0 atom stereocenters. The van der Waals surface area contributed by atoms with Gasteiger partial charge in [-0.25, -0.2) is 0 Å².